The second-order valence-corrected chi connectivity index (χ2v) is 7.29. The Balaban J connectivity index is 1.72. The number of pyridine rings is 1. The maximum absolute atomic E-state index is 11.3. The molecule has 146 valence electrons. The van der Waals surface area contributed by atoms with Crippen LogP contribution >= 0.6 is 0 Å². The maximum atomic E-state index is 11.3. The van der Waals surface area contributed by atoms with E-state index in [0.717, 1.165) is 28.6 Å². The molecular formula is C19H23N7O2. The summed E-state index contributed by atoms with van der Waals surface area (Å²) < 4.78 is 9.82. The number of amides is 1. The molecule has 1 aliphatic rings. The van der Waals surface area contributed by atoms with Crippen molar-refractivity contribution in [2.75, 3.05) is 6.61 Å². The Morgan fingerprint density at radius 2 is 2.11 bits per heavy atom. The second-order valence-electron chi connectivity index (χ2n) is 7.29. The van der Waals surface area contributed by atoms with Crippen LogP contribution in [0.2, 0.25) is 0 Å². The van der Waals surface area contributed by atoms with Gasteiger partial charge >= 0.3 is 0 Å². The van der Waals surface area contributed by atoms with Crippen molar-refractivity contribution in [3.63, 3.8) is 0 Å². The van der Waals surface area contributed by atoms with Crippen molar-refractivity contribution in [1.82, 2.24) is 29.3 Å². The number of hydrogen-bond acceptors (Lipinski definition) is 6. The number of ether oxygens (including phenoxy) is 1. The van der Waals surface area contributed by atoms with Gasteiger partial charge in [-0.05, 0) is 13.8 Å². The molecule has 3 aromatic heterocycles. The van der Waals surface area contributed by atoms with Crippen LogP contribution in [0.4, 0.5) is 0 Å². The second kappa shape index (κ2) is 7.06. The SMILES string of the molecule is CC(C)n1ncnc1-c1cn2c(n1)-c1cnc(C[C@H](C)C(N)=O)cc1OCC2. The molecule has 0 aliphatic carbocycles. The van der Waals surface area contributed by atoms with Crippen molar-refractivity contribution in [3.05, 3.63) is 30.5 Å². The van der Waals surface area contributed by atoms with E-state index in [0.29, 0.717) is 25.3 Å². The van der Waals surface area contributed by atoms with E-state index in [2.05, 4.69) is 28.9 Å². The van der Waals surface area contributed by atoms with Gasteiger partial charge in [-0.3, -0.25) is 9.78 Å². The monoisotopic (exact) mass is 381 g/mol. The van der Waals surface area contributed by atoms with E-state index in [1.165, 1.54) is 0 Å². The molecule has 3 aromatic rings. The lowest BCUT2D eigenvalue weighted by Gasteiger charge is -2.10. The normalized spacial score (nSPS) is 14.1. The highest BCUT2D eigenvalue weighted by atomic mass is 16.5. The van der Waals surface area contributed by atoms with Gasteiger partial charge in [0.25, 0.3) is 0 Å². The minimum absolute atomic E-state index is 0.186. The summed E-state index contributed by atoms with van der Waals surface area (Å²) in [6.07, 6.45) is 5.74. The zero-order valence-electron chi connectivity index (χ0n) is 16.2. The number of primary amides is 1. The number of carbonyl (C=O) groups is 1. The summed E-state index contributed by atoms with van der Waals surface area (Å²) in [7, 11) is 0. The van der Waals surface area contributed by atoms with Crippen molar-refractivity contribution >= 4 is 5.91 Å². The van der Waals surface area contributed by atoms with Crippen LogP contribution in [0.15, 0.2) is 24.8 Å². The zero-order chi connectivity index (χ0) is 19.8. The summed E-state index contributed by atoms with van der Waals surface area (Å²) in [5.74, 6) is 1.60. The minimum atomic E-state index is -0.341. The Kier molecular flexibility index (Phi) is 4.58. The lowest BCUT2D eigenvalue weighted by atomic mass is 10.0. The molecule has 0 aromatic carbocycles. The molecule has 0 saturated heterocycles. The molecule has 1 aliphatic heterocycles. The fourth-order valence-electron chi connectivity index (χ4n) is 3.27. The number of aromatic nitrogens is 6. The third-order valence-corrected chi connectivity index (χ3v) is 4.82. The van der Waals surface area contributed by atoms with Gasteiger partial charge in [-0.2, -0.15) is 5.10 Å². The number of imidazole rings is 1. The predicted molar refractivity (Wildman–Crippen MR) is 102 cm³/mol. The molecule has 2 N–H and O–H groups in total. The minimum Gasteiger partial charge on any atom is -0.491 e. The van der Waals surface area contributed by atoms with Gasteiger partial charge < -0.3 is 15.0 Å². The molecule has 9 nitrogen and oxygen atoms in total. The molecule has 0 saturated carbocycles. The van der Waals surface area contributed by atoms with Gasteiger partial charge in [0.1, 0.15) is 30.2 Å². The van der Waals surface area contributed by atoms with E-state index in [-0.39, 0.29) is 17.9 Å². The Bertz CT molecular complexity index is 1020. The predicted octanol–water partition coefficient (Wildman–Crippen LogP) is 1.84. The van der Waals surface area contributed by atoms with Crippen LogP contribution in [0.1, 0.15) is 32.5 Å². The Labute approximate surface area is 162 Å². The van der Waals surface area contributed by atoms with Crippen LogP contribution in [0.25, 0.3) is 22.9 Å². The van der Waals surface area contributed by atoms with Gasteiger partial charge in [0, 0.05) is 42.5 Å². The molecule has 0 radical (unpaired) electrons. The smallest absolute Gasteiger partial charge is 0.220 e. The highest BCUT2D eigenvalue weighted by molar-refractivity contribution is 5.76. The average Bonchev–Trinajstić information content (AvgIpc) is 3.26. The number of fused-ring (bicyclic) bond motifs is 3. The number of carbonyl (C=O) groups excluding carboxylic acids is 1. The molecule has 9 heteroatoms. The summed E-state index contributed by atoms with van der Waals surface area (Å²) in [6.45, 7) is 7.09. The van der Waals surface area contributed by atoms with Gasteiger partial charge in [0.15, 0.2) is 5.82 Å². The van der Waals surface area contributed by atoms with E-state index >= 15 is 0 Å². The van der Waals surface area contributed by atoms with Crippen molar-refractivity contribution < 1.29 is 9.53 Å². The highest BCUT2D eigenvalue weighted by Crippen LogP contribution is 2.34. The zero-order valence-corrected chi connectivity index (χ0v) is 16.2. The third kappa shape index (κ3) is 3.23. The molecular weight excluding hydrogens is 358 g/mol. The van der Waals surface area contributed by atoms with Crippen LogP contribution < -0.4 is 10.5 Å². The van der Waals surface area contributed by atoms with E-state index in [1.807, 2.05) is 21.5 Å². The number of nitrogens with two attached hydrogens (primary N) is 1. The maximum Gasteiger partial charge on any atom is 0.220 e. The lowest BCUT2D eigenvalue weighted by molar-refractivity contribution is -0.121. The van der Waals surface area contributed by atoms with E-state index < -0.39 is 0 Å². The number of hydrogen-bond donors (Lipinski definition) is 1. The summed E-state index contributed by atoms with van der Waals surface area (Å²) in [5.41, 5.74) is 7.72. The van der Waals surface area contributed by atoms with E-state index in [9.17, 15) is 4.79 Å². The van der Waals surface area contributed by atoms with Crippen molar-refractivity contribution in [2.45, 2.75) is 39.8 Å². The van der Waals surface area contributed by atoms with Gasteiger partial charge in [-0.15, -0.1) is 0 Å². The van der Waals surface area contributed by atoms with Crippen LogP contribution in [0.5, 0.6) is 5.75 Å². The fraction of sp³-hybridized carbons (Fsp3) is 0.421. The summed E-state index contributed by atoms with van der Waals surface area (Å²) in [5, 5.41) is 4.30. The number of nitrogens with zero attached hydrogens (tertiary/aromatic N) is 6. The molecule has 1 amide bonds. The molecule has 0 spiro atoms. The Hall–Kier alpha value is -3.23. The van der Waals surface area contributed by atoms with Crippen LogP contribution in [0.3, 0.4) is 0 Å². The van der Waals surface area contributed by atoms with Gasteiger partial charge in [0.05, 0.1) is 12.1 Å². The Morgan fingerprint density at radius 1 is 1.29 bits per heavy atom. The van der Waals surface area contributed by atoms with Crippen LogP contribution in [-0.4, -0.2) is 41.8 Å². The number of rotatable bonds is 5. The first kappa shape index (κ1) is 18.1. The quantitative estimate of drug-likeness (QED) is 0.721. The summed E-state index contributed by atoms with van der Waals surface area (Å²) in [4.78, 5) is 25.0. The van der Waals surface area contributed by atoms with Crippen LogP contribution in [-0.2, 0) is 17.8 Å². The first-order valence-corrected chi connectivity index (χ1v) is 9.32. The molecule has 28 heavy (non-hydrogen) atoms. The molecule has 0 bridgehead atoms. The van der Waals surface area contributed by atoms with Gasteiger partial charge in [0.2, 0.25) is 5.91 Å². The van der Waals surface area contributed by atoms with Crippen molar-refractivity contribution in [1.29, 1.82) is 0 Å². The largest absolute Gasteiger partial charge is 0.491 e. The lowest BCUT2D eigenvalue weighted by Crippen LogP contribution is -2.22. The molecule has 4 heterocycles. The molecule has 4 rings (SSSR count). The van der Waals surface area contributed by atoms with Crippen molar-refractivity contribution in [2.24, 2.45) is 11.7 Å². The first-order valence-electron chi connectivity index (χ1n) is 9.32. The molecule has 0 unspecified atom stereocenters. The van der Waals surface area contributed by atoms with E-state index in [4.69, 9.17) is 15.5 Å². The standard InChI is InChI=1S/C19H23N7O2/c1-11(2)26-19(22-10-23-26)15-9-25-4-5-28-16-7-13(6-12(3)17(20)27)21-8-14(16)18(25)24-15/h7-12H,4-6H2,1-3H3,(H2,20,27)/t12-/m0/s1. The summed E-state index contributed by atoms with van der Waals surface area (Å²) in [6, 6.07) is 2.06. The fourth-order valence-corrected chi connectivity index (χ4v) is 3.27. The summed E-state index contributed by atoms with van der Waals surface area (Å²) >= 11 is 0. The molecule has 0 fully saturated rings. The highest BCUT2D eigenvalue weighted by Gasteiger charge is 2.23. The average molecular weight is 381 g/mol. The molecule has 1 atom stereocenters. The van der Waals surface area contributed by atoms with Gasteiger partial charge in [-0.1, -0.05) is 6.92 Å². The van der Waals surface area contributed by atoms with E-state index in [1.54, 1.807) is 19.4 Å². The topological polar surface area (TPSA) is 114 Å². The van der Waals surface area contributed by atoms with Crippen LogP contribution in [0, 0.1) is 5.92 Å². The van der Waals surface area contributed by atoms with Gasteiger partial charge in [-0.25, -0.2) is 14.6 Å². The third-order valence-electron chi connectivity index (χ3n) is 4.82. The Morgan fingerprint density at radius 3 is 2.86 bits per heavy atom. The van der Waals surface area contributed by atoms with Crippen molar-refractivity contribution in [3.8, 4) is 28.7 Å². The first-order chi connectivity index (χ1) is 13.4.